The average molecular weight is 1080 g/mol. The molecular weight excluding hydrogens is 1010 g/mol. The number of ether oxygens (including phenoxy) is 8. The molecule has 0 spiro atoms. The summed E-state index contributed by atoms with van der Waals surface area (Å²) in [7, 11) is 6.30. The van der Waals surface area contributed by atoms with E-state index in [1.54, 1.807) is 66.2 Å². The van der Waals surface area contributed by atoms with E-state index < -0.39 is 66.3 Å². The molecule has 422 valence electrons. The number of hydrogen-bond donors (Lipinski definition) is 9. The first-order chi connectivity index (χ1) is 36.7. The molecule has 4 aliphatic heterocycles. The number of aromatic amines is 2. The van der Waals surface area contributed by atoms with Gasteiger partial charge in [0.2, 0.25) is 5.95 Å². The van der Waals surface area contributed by atoms with Gasteiger partial charge in [-0.05, 0) is 38.8 Å². The number of aliphatic hydroxyl groups excluding tert-OH is 4. The quantitative estimate of drug-likeness (QED) is 0.0717. The SMILES string of the molecule is COCC1CC(O)C(n2cc(C)c(=O)[nH]c2=O)O1.COCC1CC(O)C(n2cc(C)c(N)nc2=O)O1.COCC1CC(O)C(n2cc(C)c3c(=O)[nH]c(N)nc32)O1.COCC1CC(O)C(n2cc(C)c3c(N)ncnc32)O1. The Kier molecular flexibility index (Phi) is 19.1. The molecule has 0 aromatic carbocycles. The summed E-state index contributed by atoms with van der Waals surface area (Å²) in [6.07, 6.45) is 3.61. The van der Waals surface area contributed by atoms with Crippen molar-refractivity contribution in [3.8, 4) is 0 Å². The molecular formula is C48H69N13O16. The molecule has 12 N–H and O–H groups in total. The van der Waals surface area contributed by atoms with Crippen molar-refractivity contribution in [3.05, 3.63) is 95.0 Å². The summed E-state index contributed by atoms with van der Waals surface area (Å²) in [5.41, 5.74) is 19.1. The zero-order valence-electron chi connectivity index (χ0n) is 44.0. The minimum absolute atomic E-state index is 0.0350. The standard InChI is InChI=1S/C13H18N4O4.C13H18N4O3.C11H17N3O4.C11H16N2O5/c1-6-4-17(10-9(6)11(19)16-13(14)15-10)12-8(18)3-7(21-12)5-20-2;1-7-4-17(12-10(7)11(14)15-6-16-12)13-9(18)3-8(20-13)5-19-2;1-6-4-14(11(16)13-9(6)12)10-8(15)3-7(18-10)5-17-2;1-6-4-13(11(16)12-9(6)15)10-8(14)3-7(18-10)5-17-2/h4,7-8,12,18H,3,5H2,1-2H3,(H3,14,15,16,19);4,6,8-9,13,18H,3,5H2,1-2H3,(H2,14,15,16);4,7-8,10,15H,3,5H2,1-2H3,(H2,12,13,16);4,7-8,10,14H,3,5H2,1-2H3,(H,12,15,16). The number of methoxy groups -OCH3 is 4. The zero-order chi connectivity index (χ0) is 56.0. The van der Waals surface area contributed by atoms with E-state index in [1.807, 2.05) is 17.7 Å². The maximum Gasteiger partial charge on any atom is 0.351 e. The largest absolute Gasteiger partial charge is 0.388 e. The number of nitrogens with one attached hydrogen (secondary N) is 2. The summed E-state index contributed by atoms with van der Waals surface area (Å²) in [4.78, 5) is 67.4. The number of nitrogens with two attached hydrogens (primary N) is 3. The van der Waals surface area contributed by atoms with Crippen LogP contribution in [0.3, 0.4) is 0 Å². The lowest BCUT2D eigenvalue weighted by Crippen LogP contribution is -2.36. The van der Waals surface area contributed by atoms with Crippen LogP contribution in [0, 0.1) is 27.7 Å². The molecule has 6 aromatic heterocycles. The van der Waals surface area contributed by atoms with Crippen LogP contribution in [-0.2, 0) is 37.9 Å². The van der Waals surface area contributed by atoms with E-state index in [-0.39, 0.29) is 41.7 Å². The number of aryl methyl sites for hydroxylation is 4. The minimum Gasteiger partial charge on any atom is -0.388 e. The molecule has 12 unspecified atom stereocenters. The Balaban J connectivity index is 0.000000149. The Bertz CT molecular complexity index is 3210. The van der Waals surface area contributed by atoms with E-state index in [1.165, 1.54) is 21.7 Å². The lowest BCUT2D eigenvalue weighted by Gasteiger charge is -2.18. The van der Waals surface area contributed by atoms with Crippen molar-refractivity contribution in [2.45, 2.75) is 127 Å². The number of anilines is 3. The van der Waals surface area contributed by atoms with Gasteiger partial charge >= 0.3 is 11.4 Å². The van der Waals surface area contributed by atoms with Gasteiger partial charge in [0.25, 0.3) is 11.1 Å². The highest BCUT2D eigenvalue weighted by molar-refractivity contribution is 5.89. The van der Waals surface area contributed by atoms with Crippen LogP contribution >= 0.6 is 0 Å². The molecule has 0 aliphatic carbocycles. The van der Waals surface area contributed by atoms with Crippen molar-refractivity contribution in [2.75, 3.05) is 72.1 Å². The van der Waals surface area contributed by atoms with Crippen LogP contribution in [0.2, 0.25) is 0 Å². The van der Waals surface area contributed by atoms with Gasteiger partial charge in [0.15, 0.2) is 30.6 Å². The van der Waals surface area contributed by atoms with Crippen molar-refractivity contribution in [1.82, 2.24) is 48.2 Å². The fourth-order valence-electron chi connectivity index (χ4n) is 9.67. The van der Waals surface area contributed by atoms with Gasteiger partial charge in [-0.1, -0.05) is 0 Å². The Labute approximate surface area is 439 Å². The predicted molar refractivity (Wildman–Crippen MR) is 276 cm³/mol. The number of H-pyrrole nitrogens is 2. The molecule has 4 fully saturated rings. The third-order valence-electron chi connectivity index (χ3n) is 13.2. The van der Waals surface area contributed by atoms with Gasteiger partial charge < -0.3 is 84.7 Å². The molecule has 29 heteroatoms. The zero-order valence-corrected chi connectivity index (χ0v) is 44.0. The van der Waals surface area contributed by atoms with Gasteiger partial charge in [-0.25, -0.2) is 19.6 Å². The molecule has 0 bridgehead atoms. The van der Waals surface area contributed by atoms with E-state index in [9.17, 15) is 39.6 Å². The van der Waals surface area contributed by atoms with Gasteiger partial charge in [0, 0.05) is 90.0 Å². The van der Waals surface area contributed by atoms with Crippen LogP contribution in [-0.4, -0.2) is 172 Å². The Morgan fingerprint density at radius 2 is 0.935 bits per heavy atom. The monoisotopic (exact) mass is 1080 g/mol. The predicted octanol–water partition coefficient (Wildman–Crippen LogP) is -0.905. The third kappa shape index (κ3) is 13.1. The molecule has 10 heterocycles. The lowest BCUT2D eigenvalue weighted by molar-refractivity contribution is -0.0583. The van der Waals surface area contributed by atoms with E-state index >= 15 is 0 Å². The highest BCUT2D eigenvalue weighted by Crippen LogP contribution is 2.35. The van der Waals surface area contributed by atoms with Gasteiger partial charge in [-0.15, -0.1) is 0 Å². The smallest absolute Gasteiger partial charge is 0.351 e. The van der Waals surface area contributed by atoms with E-state index in [2.05, 4.69) is 29.9 Å². The Hall–Kier alpha value is -6.48. The minimum atomic E-state index is -0.798. The molecule has 0 radical (unpaired) electrons. The Morgan fingerprint density at radius 1 is 0.519 bits per heavy atom. The highest BCUT2D eigenvalue weighted by atomic mass is 16.6. The number of aliphatic hydroxyl groups is 4. The van der Waals surface area contributed by atoms with Gasteiger partial charge in [-0.2, -0.15) is 9.97 Å². The van der Waals surface area contributed by atoms with Gasteiger partial charge in [0.1, 0.15) is 48.0 Å². The second kappa shape index (κ2) is 25.3. The fourth-order valence-corrected chi connectivity index (χ4v) is 9.67. The molecule has 77 heavy (non-hydrogen) atoms. The molecule has 0 saturated carbocycles. The normalized spacial score (nSPS) is 26.8. The van der Waals surface area contributed by atoms with Crippen molar-refractivity contribution in [2.24, 2.45) is 0 Å². The highest BCUT2D eigenvalue weighted by Gasteiger charge is 2.39. The van der Waals surface area contributed by atoms with Crippen LogP contribution < -0.4 is 39.7 Å². The topological polar surface area (TPSA) is 404 Å². The molecule has 10 rings (SSSR count). The third-order valence-corrected chi connectivity index (χ3v) is 13.2. The first kappa shape index (κ1) is 58.2. The van der Waals surface area contributed by atoms with Crippen molar-refractivity contribution in [1.29, 1.82) is 0 Å². The summed E-state index contributed by atoms with van der Waals surface area (Å²) in [6, 6.07) is 0. The first-order valence-electron chi connectivity index (χ1n) is 24.6. The molecule has 6 aromatic rings. The summed E-state index contributed by atoms with van der Waals surface area (Å²) in [5.74, 6) is 0.664. The summed E-state index contributed by atoms with van der Waals surface area (Å²) in [5, 5.41) is 41.5. The maximum atomic E-state index is 12.0. The summed E-state index contributed by atoms with van der Waals surface area (Å²) in [6.45, 7) is 8.67. The number of aromatic nitrogens is 10. The number of nitrogen functional groups attached to an aromatic ring is 3. The number of fused-ring (bicyclic) bond motifs is 2. The van der Waals surface area contributed by atoms with Gasteiger partial charge in [-0.3, -0.25) is 28.7 Å². The van der Waals surface area contributed by atoms with E-state index in [4.69, 9.17) is 55.1 Å². The second-order valence-corrected chi connectivity index (χ2v) is 19.2. The lowest BCUT2D eigenvalue weighted by atomic mass is 10.2. The van der Waals surface area contributed by atoms with Crippen LogP contribution in [0.15, 0.2) is 50.3 Å². The van der Waals surface area contributed by atoms with Crippen LogP contribution in [0.5, 0.6) is 0 Å². The van der Waals surface area contributed by atoms with Crippen LogP contribution in [0.4, 0.5) is 17.6 Å². The van der Waals surface area contributed by atoms with Gasteiger partial charge in [0.05, 0.1) is 61.6 Å². The van der Waals surface area contributed by atoms with Crippen molar-refractivity contribution >= 4 is 39.7 Å². The average Bonchev–Trinajstić information content (AvgIpc) is 4.25. The number of rotatable bonds is 12. The fraction of sp³-hybridized carbons (Fsp3) is 0.583. The van der Waals surface area contributed by atoms with Crippen molar-refractivity contribution in [3.63, 3.8) is 0 Å². The number of nitrogens with zero attached hydrogens (tertiary/aromatic N) is 8. The van der Waals surface area contributed by atoms with E-state index in [0.29, 0.717) is 85.7 Å². The molecule has 12 atom stereocenters. The van der Waals surface area contributed by atoms with Crippen LogP contribution in [0.25, 0.3) is 22.1 Å². The molecule has 0 amide bonds. The van der Waals surface area contributed by atoms with Crippen LogP contribution in [0.1, 0.15) is 72.8 Å². The summed E-state index contributed by atoms with van der Waals surface area (Å²) >= 11 is 0. The molecule has 4 saturated heterocycles. The number of hydrogen-bond acceptors (Lipinski definition) is 23. The molecule has 29 nitrogen and oxygen atoms in total. The maximum absolute atomic E-state index is 12.0. The molecule has 4 aliphatic rings. The second-order valence-electron chi connectivity index (χ2n) is 19.2. The Morgan fingerprint density at radius 3 is 1.42 bits per heavy atom. The first-order valence-corrected chi connectivity index (χ1v) is 24.6. The van der Waals surface area contributed by atoms with E-state index in [0.717, 1.165) is 16.5 Å². The van der Waals surface area contributed by atoms with Crippen molar-refractivity contribution < 1.29 is 58.3 Å². The summed E-state index contributed by atoms with van der Waals surface area (Å²) < 4.78 is 48.8.